The molecule has 0 bridgehead atoms. The number of carboxylic acid groups (broad SMARTS) is 1. The molecule has 4 heterocycles. The van der Waals surface area contributed by atoms with E-state index in [9.17, 15) is 9.90 Å². The molecule has 9 heteroatoms. The van der Waals surface area contributed by atoms with Crippen molar-refractivity contribution in [1.29, 1.82) is 5.26 Å². The van der Waals surface area contributed by atoms with Gasteiger partial charge in [-0.05, 0) is 48.4 Å². The van der Waals surface area contributed by atoms with Crippen molar-refractivity contribution in [2.45, 2.75) is 52.0 Å². The van der Waals surface area contributed by atoms with Gasteiger partial charge < -0.3 is 14.7 Å². The number of fused-ring (bicyclic) bond motifs is 1. The number of hydrogen-bond acceptors (Lipinski definition) is 7. The van der Waals surface area contributed by atoms with Gasteiger partial charge in [-0.1, -0.05) is 32.9 Å². The van der Waals surface area contributed by atoms with Gasteiger partial charge in [0.15, 0.2) is 11.3 Å². The molecule has 2 aromatic heterocycles. The number of carbonyl (C=O) groups is 1. The van der Waals surface area contributed by atoms with Gasteiger partial charge in [0.1, 0.15) is 0 Å². The summed E-state index contributed by atoms with van der Waals surface area (Å²) in [6, 6.07) is 10.8. The van der Waals surface area contributed by atoms with Crippen LogP contribution in [0.25, 0.3) is 22.2 Å². The fraction of sp³-hybridized carbons (Fsp3) is 0.517. The summed E-state index contributed by atoms with van der Waals surface area (Å²) in [5.41, 5.74) is 5.50. The van der Waals surface area contributed by atoms with Gasteiger partial charge in [0.25, 0.3) is 0 Å². The molecule has 0 aliphatic carbocycles. The minimum absolute atomic E-state index is 0.102. The van der Waals surface area contributed by atoms with E-state index < -0.39 is 5.97 Å². The summed E-state index contributed by atoms with van der Waals surface area (Å²) in [6.45, 7) is 11.5. The maximum Gasteiger partial charge on any atom is 0.354 e. The molecule has 0 unspecified atom stereocenters. The van der Waals surface area contributed by atoms with Crippen molar-refractivity contribution in [1.82, 2.24) is 19.7 Å². The molecule has 1 aromatic carbocycles. The highest BCUT2D eigenvalue weighted by molar-refractivity contribution is 6.02. The number of anilines is 1. The standard InChI is InChI=1S/C29H36N6O3/c1-4-23-24(20-5-7-21(8-6-20)34-15-17-38-18-16-34)25-26(19(2)3)32-35(28(25)31-27(23)29(36)37)22-9-12-33(13-10-22)14-11-30/h5-8,19,22H,4,9-10,12-18H2,1-3H3,(H,36,37). The Bertz CT molecular complexity index is 1340. The third-order valence-electron chi connectivity index (χ3n) is 7.80. The van der Waals surface area contributed by atoms with Crippen LogP contribution >= 0.6 is 0 Å². The summed E-state index contributed by atoms with van der Waals surface area (Å²) in [5, 5.41) is 25.3. The molecule has 2 aliphatic heterocycles. The molecule has 0 saturated carbocycles. The van der Waals surface area contributed by atoms with Gasteiger partial charge in [-0.3, -0.25) is 4.90 Å². The Labute approximate surface area is 223 Å². The average molecular weight is 517 g/mol. The molecule has 0 amide bonds. The molecule has 0 spiro atoms. The molecule has 0 radical (unpaired) electrons. The number of nitriles is 1. The third kappa shape index (κ3) is 4.86. The number of pyridine rings is 1. The quantitative estimate of drug-likeness (QED) is 0.458. The van der Waals surface area contributed by atoms with Crippen LogP contribution in [0.2, 0.25) is 0 Å². The lowest BCUT2D eigenvalue weighted by Gasteiger charge is -2.30. The van der Waals surface area contributed by atoms with Crippen LogP contribution in [-0.2, 0) is 11.2 Å². The second-order valence-corrected chi connectivity index (χ2v) is 10.5. The number of hydrogen-bond donors (Lipinski definition) is 1. The predicted octanol–water partition coefficient (Wildman–Crippen LogP) is 4.48. The number of carboxylic acids is 1. The lowest BCUT2D eigenvalue weighted by atomic mass is 9.91. The fourth-order valence-corrected chi connectivity index (χ4v) is 5.81. The van der Waals surface area contributed by atoms with Crippen molar-refractivity contribution in [3.05, 3.63) is 41.2 Å². The minimum atomic E-state index is -1.02. The first-order valence-electron chi connectivity index (χ1n) is 13.6. The number of rotatable bonds is 7. The van der Waals surface area contributed by atoms with E-state index in [2.05, 4.69) is 54.0 Å². The minimum Gasteiger partial charge on any atom is -0.477 e. The highest BCUT2D eigenvalue weighted by Crippen LogP contribution is 2.40. The van der Waals surface area contributed by atoms with Gasteiger partial charge >= 0.3 is 5.97 Å². The molecule has 2 fully saturated rings. The van der Waals surface area contributed by atoms with E-state index in [1.54, 1.807) is 0 Å². The van der Waals surface area contributed by atoms with E-state index in [0.29, 0.717) is 18.6 Å². The Balaban J connectivity index is 1.67. The van der Waals surface area contributed by atoms with Crippen LogP contribution < -0.4 is 4.90 Å². The summed E-state index contributed by atoms with van der Waals surface area (Å²) in [6.07, 6.45) is 2.25. The van der Waals surface area contributed by atoms with E-state index in [4.69, 9.17) is 20.1 Å². The summed E-state index contributed by atoms with van der Waals surface area (Å²) >= 11 is 0. The number of ether oxygens (including phenoxy) is 1. The first-order chi connectivity index (χ1) is 18.4. The molecule has 200 valence electrons. The van der Waals surface area contributed by atoms with Crippen LogP contribution in [0.1, 0.15) is 67.3 Å². The molecule has 1 N–H and O–H groups in total. The first-order valence-corrected chi connectivity index (χ1v) is 13.6. The highest BCUT2D eigenvalue weighted by atomic mass is 16.5. The number of likely N-dealkylation sites (tertiary alicyclic amines) is 1. The zero-order valence-corrected chi connectivity index (χ0v) is 22.5. The van der Waals surface area contributed by atoms with E-state index in [-0.39, 0.29) is 17.7 Å². The number of piperidine rings is 1. The van der Waals surface area contributed by atoms with Crippen molar-refractivity contribution in [2.24, 2.45) is 0 Å². The normalized spacial score (nSPS) is 17.3. The Morgan fingerprint density at radius 2 is 1.84 bits per heavy atom. The van der Waals surface area contributed by atoms with Gasteiger partial charge in [0.05, 0.1) is 42.9 Å². The number of nitrogens with zero attached hydrogens (tertiary/aromatic N) is 6. The summed E-state index contributed by atoms with van der Waals surface area (Å²) < 4.78 is 7.48. The van der Waals surface area contributed by atoms with Crippen LogP contribution in [0, 0.1) is 11.3 Å². The molecule has 38 heavy (non-hydrogen) atoms. The second-order valence-electron chi connectivity index (χ2n) is 10.5. The Hall–Kier alpha value is -3.48. The highest BCUT2D eigenvalue weighted by Gasteiger charge is 2.30. The van der Waals surface area contributed by atoms with Gasteiger partial charge in [0.2, 0.25) is 0 Å². The smallest absolute Gasteiger partial charge is 0.354 e. The molecular formula is C29H36N6O3. The predicted molar refractivity (Wildman–Crippen MR) is 147 cm³/mol. The summed E-state index contributed by atoms with van der Waals surface area (Å²) in [4.78, 5) is 21.7. The first kappa shape index (κ1) is 26.1. The number of aromatic nitrogens is 3. The lowest BCUT2D eigenvalue weighted by molar-refractivity contribution is 0.0689. The van der Waals surface area contributed by atoms with E-state index in [1.807, 2.05) is 11.6 Å². The number of morpholine rings is 1. The van der Waals surface area contributed by atoms with Crippen molar-refractivity contribution < 1.29 is 14.6 Å². The third-order valence-corrected chi connectivity index (χ3v) is 7.80. The van der Waals surface area contributed by atoms with Gasteiger partial charge in [-0.15, -0.1) is 0 Å². The van der Waals surface area contributed by atoms with Gasteiger partial charge in [-0.25, -0.2) is 14.5 Å². The molecular weight excluding hydrogens is 480 g/mol. The van der Waals surface area contributed by atoms with Crippen molar-refractivity contribution in [2.75, 3.05) is 50.8 Å². The molecule has 2 aliphatic rings. The van der Waals surface area contributed by atoms with E-state index >= 15 is 0 Å². The van der Waals surface area contributed by atoms with Crippen LogP contribution in [0.15, 0.2) is 24.3 Å². The van der Waals surface area contributed by atoms with E-state index in [1.165, 1.54) is 0 Å². The Morgan fingerprint density at radius 1 is 1.16 bits per heavy atom. The molecule has 2 saturated heterocycles. The number of benzene rings is 1. The largest absolute Gasteiger partial charge is 0.477 e. The van der Waals surface area contributed by atoms with Crippen LogP contribution in [0.4, 0.5) is 5.69 Å². The van der Waals surface area contributed by atoms with Crippen LogP contribution in [-0.4, -0.2) is 76.7 Å². The average Bonchev–Trinajstić information content (AvgIpc) is 3.33. The molecule has 5 rings (SSSR count). The Kier molecular flexibility index (Phi) is 7.63. The topological polar surface area (TPSA) is 108 Å². The van der Waals surface area contributed by atoms with Gasteiger partial charge in [-0.2, -0.15) is 10.4 Å². The van der Waals surface area contributed by atoms with Crippen molar-refractivity contribution >= 4 is 22.7 Å². The zero-order valence-electron chi connectivity index (χ0n) is 22.5. The molecule has 0 atom stereocenters. The maximum atomic E-state index is 12.5. The monoisotopic (exact) mass is 516 g/mol. The second kappa shape index (κ2) is 11.1. The van der Waals surface area contributed by atoms with Crippen LogP contribution in [0.5, 0.6) is 0 Å². The number of aromatic carboxylic acids is 1. The summed E-state index contributed by atoms with van der Waals surface area (Å²) in [7, 11) is 0. The summed E-state index contributed by atoms with van der Waals surface area (Å²) in [5.74, 6) is -0.872. The van der Waals surface area contributed by atoms with Gasteiger partial charge in [0, 0.05) is 37.4 Å². The zero-order chi connectivity index (χ0) is 26.8. The van der Waals surface area contributed by atoms with Crippen molar-refractivity contribution in [3.63, 3.8) is 0 Å². The fourth-order valence-electron chi connectivity index (χ4n) is 5.81. The molecule has 9 nitrogen and oxygen atoms in total. The SMILES string of the molecule is CCc1c(C(=O)O)nc2c(c(C(C)C)nn2C2CCN(CC#N)CC2)c1-c1ccc(N2CCOCC2)cc1. The molecule has 3 aromatic rings. The van der Waals surface area contributed by atoms with Crippen molar-refractivity contribution in [3.8, 4) is 17.2 Å². The Morgan fingerprint density at radius 3 is 2.42 bits per heavy atom. The maximum absolute atomic E-state index is 12.5. The lowest BCUT2D eigenvalue weighted by Crippen LogP contribution is -2.36. The van der Waals surface area contributed by atoms with Crippen LogP contribution in [0.3, 0.4) is 0 Å². The van der Waals surface area contributed by atoms with E-state index in [0.717, 1.165) is 85.7 Å².